The molecular weight excluding hydrogens is 228 g/mol. The summed E-state index contributed by atoms with van der Waals surface area (Å²) < 4.78 is 5.39. The monoisotopic (exact) mass is 248 g/mol. The molecule has 1 amide bonds. The van der Waals surface area contributed by atoms with E-state index in [0.29, 0.717) is 13.1 Å². The van der Waals surface area contributed by atoms with Gasteiger partial charge >= 0.3 is 6.09 Å². The standard InChI is InChI=1S/C14H20N2O2/c1-10-7-11-9-16(6-5-12(11)15-8-10)13(17)18-14(2,3)4/h7-8H,5-6,9H2,1-4H3. The molecule has 0 saturated carbocycles. The van der Waals surface area contributed by atoms with Gasteiger partial charge in [-0.05, 0) is 38.8 Å². The quantitative estimate of drug-likeness (QED) is 0.709. The van der Waals surface area contributed by atoms with E-state index in [1.165, 1.54) is 0 Å². The van der Waals surface area contributed by atoms with Crippen LogP contribution in [0.25, 0.3) is 0 Å². The van der Waals surface area contributed by atoms with Gasteiger partial charge < -0.3 is 9.64 Å². The maximum Gasteiger partial charge on any atom is 0.410 e. The molecule has 4 heteroatoms. The van der Waals surface area contributed by atoms with Crippen molar-refractivity contribution in [1.82, 2.24) is 9.88 Å². The van der Waals surface area contributed by atoms with Crippen LogP contribution in [0.5, 0.6) is 0 Å². The summed E-state index contributed by atoms with van der Waals surface area (Å²) in [7, 11) is 0. The molecule has 2 heterocycles. The zero-order valence-corrected chi connectivity index (χ0v) is 11.5. The Bertz CT molecular complexity index is 463. The van der Waals surface area contributed by atoms with Crippen LogP contribution in [-0.2, 0) is 17.7 Å². The van der Waals surface area contributed by atoms with Crippen LogP contribution >= 0.6 is 0 Å². The van der Waals surface area contributed by atoms with Gasteiger partial charge in [0, 0.05) is 24.9 Å². The van der Waals surface area contributed by atoms with Crippen LogP contribution in [0.3, 0.4) is 0 Å². The maximum absolute atomic E-state index is 12.0. The third-order valence-electron chi connectivity index (χ3n) is 2.83. The molecule has 0 unspecified atom stereocenters. The van der Waals surface area contributed by atoms with Crippen LogP contribution in [0, 0.1) is 6.92 Å². The van der Waals surface area contributed by atoms with Crippen molar-refractivity contribution in [2.75, 3.05) is 6.54 Å². The Morgan fingerprint density at radius 3 is 2.83 bits per heavy atom. The number of rotatable bonds is 0. The molecule has 1 aromatic heterocycles. The summed E-state index contributed by atoms with van der Waals surface area (Å²) in [5, 5.41) is 0. The molecule has 2 rings (SSSR count). The molecule has 1 aliphatic heterocycles. The molecular formula is C14H20N2O2. The second-order valence-electron chi connectivity index (χ2n) is 5.77. The molecule has 1 aromatic rings. The molecule has 18 heavy (non-hydrogen) atoms. The predicted molar refractivity (Wildman–Crippen MR) is 69.3 cm³/mol. The third-order valence-corrected chi connectivity index (χ3v) is 2.83. The zero-order valence-electron chi connectivity index (χ0n) is 11.5. The van der Waals surface area contributed by atoms with Crippen LogP contribution in [0.1, 0.15) is 37.6 Å². The second kappa shape index (κ2) is 4.59. The minimum atomic E-state index is -0.442. The number of ether oxygens (including phenoxy) is 1. The number of carbonyl (C=O) groups excluding carboxylic acids is 1. The van der Waals surface area contributed by atoms with E-state index in [1.807, 2.05) is 33.9 Å². The highest BCUT2D eigenvalue weighted by atomic mass is 16.6. The van der Waals surface area contributed by atoms with Gasteiger partial charge in [-0.15, -0.1) is 0 Å². The Kier molecular flexibility index (Phi) is 3.28. The van der Waals surface area contributed by atoms with Crippen molar-refractivity contribution in [3.8, 4) is 0 Å². The summed E-state index contributed by atoms with van der Waals surface area (Å²) >= 11 is 0. The smallest absolute Gasteiger partial charge is 0.410 e. The SMILES string of the molecule is Cc1cnc2c(c1)CN(C(=O)OC(C)(C)C)CC2. The first-order valence-electron chi connectivity index (χ1n) is 6.27. The topological polar surface area (TPSA) is 42.4 Å². The van der Waals surface area contributed by atoms with Crippen LogP contribution < -0.4 is 0 Å². The third kappa shape index (κ3) is 3.00. The summed E-state index contributed by atoms with van der Waals surface area (Å²) in [5.41, 5.74) is 2.91. The fourth-order valence-electron chi connectivity index (χ4n) is 2.03. The van der Waals surface area contributed by atoms with Gasteiger partial charge in [0.25, 0.3) is 0 Å². The van der Waals surface area contributed by atoms with E-state index >= 15 is 0 Å². The molecule has 0 bridgehead atoms. The minimum absolute atomic E-state index is 0.241. The number of amides is 1. The molecule has 0 aliphatic carbocycles. The Balaban J connectivity index is 2.09. The number of carbonyl (C=O) groups is 1. The summed E-state index contributed by atoms with van der Waals surface area (Å²) in [6, 6.07) is 2.10. The Morgan fingerprint density at radius 2 is 2.17 bits per heavy atom. The van der Waals surface area contributed by atoms with E-state index in [2.05, 4.69) is 11.1 Å². The number of pyridine rings is 1. The molecule has 0 N–H and O–H groups in total. The van der Waals surface area contributed by atoms with Crippen molar-refractivity contribution >= 4 is 6.09 Å². The van der Waals surface area contributed by atoms with Crippen LogP contribution in [0.15, 0.2) is 12.3 Å². The summed E-state index contributed by atoms with van der Waals surface area (Å²) in [6.45, 7) is 8.94. The minimum Gasteiger partial charge on any atom is -0.444 e. The van der Waals surface area contributed by atoms with Crippen LogP contribution in [0.2, 0.25) is 0 Å². The van der Waals surface area contributed by atoms with E-state index in [9.17, 15) is 4.79 Å². The Labute approximate surface area is 108 Å². The van der Waals surface area contributed by atoms with Gasteiger partial charge in [0.05, 0.1) is 6.54 Å². The molecule has 4 nitrogen and oxygen atoms in total. The van der Waals surface area contributed by atoms with Crippen molar-refractivity contribution in [2.24, 2.45) is 0 Å². The second-order valence-corrected chi connectivity index (χ2v) is 5.77. The van der Waals surface area contributed by atoms with Crippen molar-refractivity contribution in [3.63, 3.8) is 0 Å². The molecule has 0 atom stereocenters. The van der Waals surface area contributed by atoms with Crippen LogP contribution in [0.4, 0.5) is 4.79 Å². The summed E-state index contributed by atoms with van der Waals surface area (Å²) in [4.78, 5) is 18.1. The highest BCUT2D eigenvalue weighted by molar-refractivity contribution is 5.68. The molecule has 0 saturated heterocycles. The van der Waals surface area contributed by atoms with Gasteiger partial charge in [-0.1, -0.05) is 6.07 Å². The first-order chi connectivity index (χ1) is 8.35. The number of fused-ring (bicyclic) bond motifs is 1. The number of aryl methyl sites for hydroxylation is 1. The lowest BCUT2D eigenvalue weighted by molar-refractivity contribution is 0.0222. The summed E-state index contributed by atoms with van der Waals surface area (Å²) in [6.07, 6.45) is 2.44. The zero-order chi connectivity index (χ0) is 13.3. The fourth-order valence-corrected chi connectivity index (χ4v) is 2.03. The summed E-state index contributed by atoms with van der Waals surface area (Å²) in [5.74, 6) is 0. The number of nitrogens with zero attached hydrogens (tertiary/aromatic N) is 2. The van der Waals surface area contributed by atoms with Crippen LogP contribution in [-0.4, -0.2) is 28.1 Å². The van der Waals surface area contributed by atoms with Crippen molar-refractivity contribution in [3.05, 3.63) is 29.1 Å². The van der Waals surface area contributed by atoms with Crippen molar-refractivity contribution in [1.29, 1.82) is 0 Å². The van der Waals surface area contributed by atoms with Gasteiger partial charge in [0.15, 0.2) is 0 Å². The normalized spacial score (nSPS) is 15.2. The number of hydrogen-bond acceptors (Lipinski definition) is 3. The average molecular weight is 248 g/mol. The predicted octanol–water partition coefficient (Wildman–Crippen LogP) is 2.68. The molecule has 98 valence electrons. The largest absolute Gasteiger partial charge is 0.444 e. The molecule has 0 spiro atoms. The number of aromatic nitrogens is 1. The van der Waals surface area contributed by atoms with Crippen molar-refractivity contribution in [2.45, 2.75) is 46.3 Å². The van der Waals surface area contributed by atoms with E-state index in [4.69, 9.17) is 4.74 Å². The lowest BCUT2D eigenvalue weighted by atomic mass is 10.0. The fraction of sp³-hybridized carbons (Fsp3) is 0.571. The maximum atomic E-state index is 12.0. The van der Waals surface area contributed by atoms with Gasteiger partial charge in [0.2, 0.25) is 0 Å². The highest BCUT2D eigenvalue weighted by Gasteiger charge is 2.26. The van der Waals surface area contributed by atoms with Gasteiger partial charge in [-0.3, -0.25) is 4.98 Å². The Hall–Kier alpha value is -1.58. The van der Waals surface area contributed by atoms with Gasteiger partial charge in [-0.25, -0.2) is 4.79 Å². The van der Waals surface area contributed by atoms with Gasteiger partial charge in [-0.2, -0.15) is 0 Å². The van der Waals surface area contributed by atoms with E-state index < -0.39 is 5.60 Å². The lowest BCUT2D eigenvalue weighted by Gasteiger charge is -2.30. The highest BCUT2D eigenvalue weighted by Crippen LogP contribution is 2.20. The van der Waals surface area contributed by atoms with Crippen molar-refractivity contribution < 1.29 is 9.53 Å². The van der Waals surface area contributed by atoms with Gasteiger partial charge in [0.1, 0.15) is 5.60 Å². The first kappa shape index (κ1) is 12.9. The molecule has 0 aromatic carbocycles. The van der Waals surface area contributed by atoms with E-state index in [1.54, 1.807) is 4.90 Å². The molecule has 0 fully saturated rings. The number of hydrogen-bond donors (Lipinski definition) is 0. The first-order valence-corrected chi connectivity index (χ1v) is 6.27. The van der Waals surface area contributed by atoms with E-state index in [0.717, 1.165) is 23.2 Å². The molecule has 1 aliphatic rings. The molecule has 0 radical (unpaired) electrons. The Morgan fingerprint density at radius 1 is 1.44 bits per heavy atom. The average Bonchev–Trinajstić information content (AvgIpc) is 2.25. The lowest BCUT2D eigenvalue weighted by Crippen LogP contribution is -2.40. The van der Waals surface area contributed by atoms with E-state index in [-0.39, 0.29) is 6.09 Å².